The molecule has 1 aliphatic heterocycles. The van der Waals surface area contributed by atoms with Crippen molar-refractivity contribution in [1.29, 1.82) is 0 Å². The molecule has 1 fully saturated rings. The van der Waals surface area contributed by atoms with E-state index in [9.17, 15) is 14.0 Å². The van der Waals surface area contributed by atoms with Crippen LogP contribution in [0.1, 0.15) is 31.7 Å². The molecule has 3 rings (SSSR count). The lowest BCUT2D eigenvalue weighted by atomic mass is 10.2. The van der Waals surface area contributed by atoms with Crippen molar-refractivity contribution in [1.82, 2.24) is 4.90 Å². The van der Waals surface area contributed by atoms with Crippen LogP contribution in [0.3, 0.4) is 0 Å². The van der Waals surface area contributed by atoms with Gasteiger partial charge in [0.1, 0.15) is 5.82 Å². The van der Waals surface area contributed by atoms with Crippen LogP contribution in [-0.2, 0) is 16.1 Å². The zero-order valence-electron chi connectivity index (χ0n) is 16.2. The Morgan fingerprint density at radius 1 is 1.07 bits per heavy atom. The first-order chi connectivity index (χ1) is 13.5. The van der Waals surface area contributed by atoms with Crippen LogP contribution in [0.5, 0.6) is 0 Å². The second-order valence-corrected chi connectivity index (χ2v) is 7.07. The molecule has 0 spiro atoms. The van der Waals surface area contributed by atoms with E-state index >= 15 is 0 Å². The van der Waals surface area contributed by atoms with Gasteiger partial charge in [0, 0.05) is 56.5 Å². The van der Waals surface area contributed by atoms with Crippen molar-refractivity contribution in [3.05, 3.63) is 59.9 Å². The van der Waals surface area contributed by atoms with Gasteiger partial charge in [-0.25, -0.2) is 4.39 Å². The van der Waals surface area contributed by atoms with Gasteiger partial charge in [-0.3, -0.25) is 9.59 Å². The number of rotatable bonds is 7. The van der Waals surface area contributed by atoms with E-state index in [1.165, 1.54) is 36.4 Å². The summed E-state index contributed by atoms with van der Waals surface area (Å²) in [6, 6.07) is 14.2. The van der Waals surface area contributed by atoms with Gasteiger partial charge in [0.25, 0.3) is 0 Å². The van der Waals surface area contributed by atoms with Crippen molar-refractivity contribution >= 4 is 23.2 Å². The normalized spacial score (nSPS) is 13.4. The molecule has 28 heavy (non-hydrogen) atoms. The molecule has 1 N–H and O–H groups in total. The first-order valence-electron chi connectivity index (χ1n) is 9.67. The van der Waals surface area contributed by atoms with E-state index in [0.717, 1.165) is 18.8 Å². The fourth-order valence-corrected chi connectivity index (χ4v) is 3.37. The summed E-state index contributed by atoms with van der Waals surface area (Å²) in [7, 11) is 0. The first-order valence-corrected chi connectivity index (χ1v) is 9.67. The highest BCUT2D eigenvalue weighted by Crippen LogP contribution is 2.22. The Balaban J connectivity index is 1.51. The summed E-state index contributed by atoms with van der Waals surface area (Å²) in [5.41, 5.74) is 2.34. The molecule has 0 aliphatic carbocycles. The van der Waals surface area contributed by atoms with Gasteiger partial charge in [-0.05, 0) is 43.2 Å². The average molecular weight is 383 g/mol. The van der Waals surface area contributed by atoms with E-state index in [2.05, 4.69) is 10.2 Å². The average Bonchev–Trinajstić information content (AvgIpc) is 3.21. The molecule has 6 heteroatoms. The van der Waals surface area contributed by atoms with E-state index in [-0.39, 0.29) is 37.1 Å². The lowest BCUT2D eigenvalue weighted by Gasteiger charge is -2.21. The van der Waals surface area contributed by atoms with Crippen molar-refractivity contribution < 1.29 is 14.0 Å². The smallest absolute Gasteiger partial charge is 0.226 e. The fourth-order valence-electron chi connectivity index (χ4n) is 3.37. The van der Waals surface area contributed by atoms with E-state index < -0.39 is 0 Å². The molecule has 0 unspecified atom stereocenters. The first kappa shape index (κ1) is 19.9. The molecule has 2 amide bonds. The lowest BCUT2D eigenvalue weighted by molar-refractivity contribution is -0.130. The Morgan fingerprint density at radius 2 is 1.75 bits per heavy atom. The molecule has 1 saturated heterocycles. The summed E-state index contributed by atoms with van der Waals surface area (Å²) in [5, 5.41) is 2.86. The van der Waals surface area contributed by atoms with Crippen molar-refractivity contribution in [2.75, 3.05) is 29.9 Å². The molecule has 0 atom stereocenters. The van der Waals surface area contributed by atoms with Crippen LogP contribution in [-0.4, -0.2) is 36.3 Å². The van der Waals surface area contributed by atoms with E-state index in [1.54, 1.807) is 18.2 Å². The zero-order valence-corrected chi connectivity index (χ0v) is 16.2. The van der Waals surface area contributed by atoms with Crippen LogP contribution in [0, 0.1) is 5.82 Å². The number of carbonyl (C=O) groups is 2. The molecular formula is C22H26FN3O2. The van der Waals surface area contributed by atoms with Gasteiger partial charge in [0.2, 0.25) is 11.8 Å². The van der Waals surface area contributed by atoms with Gasteiger partial charge in [0.15, 0.2) is 0 Å². The highest BCUT2D eigenvalue weighted by atomic mass is 19.1. The molecule has 0 radical (unpaired) electrons. The molecule has 2 aromatic carbocycles. The minimum absolute atomic E-state index is 0.153. The van der Waals surface area contributed by atoms with Gasteiger partial charge in [-0.1, -0.05) is 18.2 Å². The van der Waals surface area contributed by atoms with Gasteiger partial charge in [-0.2, -0.15) is 0 Å². The van der Waals surface area contributed by atoms with Gasteiger partial charge in [-0.15, -0.1) is 0 Å². The topological polar surface area (TPSA) is 52.7 Å². The Labute approximate surface area is 165 Å². The number of hydrogen-bond acceptors (Lipinski definition) is 3. The third-order valence-corrected chi connectivity index (χ3v) is 5.00. The third-order valence-electron chi connectivity index (χ3n) is 5.00. The van der Waals surface area contributed by atoms with Crippen LogP contribution < -0.4 is 10.2 Å². The highest BCUT2D eigenvalue weighted by molar-refractivity contribution is 5.91. The summed E-state index contributed by atoms with van der Waals surface area (Å²) in [4.78, 5) is 27.9. The van der Waals surface area contributed by atoms with Gasteiger partial charge < -0.3 is 15.1 Å². The third kappa shape index (κ3) is 5.31. The van der Waals surface area contributed by atoms with Crippen LogP contribution in [0.25, 0.3) is 0 Å². The van der Waals surface area contributed by atoms with E-state index in [1.807, 2.05) is 24.3 Å². The van der Waals surface area contributed by atoms with E-state index in [4.69, 9.17) is 0 Å². The fraction of sp³-hybridized carbons (Fsp3) is 0.364. The predicted molar refractivity (Wildman–Crippen MR) is 109 cm³/mol. The van der Waals surface area contributed by atoms with Crippen molar-refractivity contribution in [2.45, 2.75) is 32.7 Å². The van der Waals surface area contributed by atoms with Crippen molar-refractivity contribution in [2.24, 2.45) is 0 Å². The Kier molecular flexibility index (Phi) is 6.63. The summed E-state index contributed by atoms with van der Waals surface area (Å²) in [5.74, 6) is -0.712. The Morgan fingerprint density at radius 3 is 2.39 bits per heavy atom. The standard InChI is InChI=1S/C22H26FN3O2/c1-17(27)26(16-18-6-2-3-7-21(18)23)15-12-22(28)24-19-8-10-20(11-9-19)25-13-4-5-14-25/h2-3,6-11H,4-5,12-16H2,1H3,(H,24,28). The second-order valence-electron chi connectivity index (χ2n) is 7.07. The van der Waals surface area contributed by atoms with E-state index in [0.29, 0.717) is 5.56 Å². The molecule has 0 aromatic heterocycles. The Bertz CT molecular complexity index is 817. The van der Waals surface area contributed by atoms with Crippen LogP contribution in [0.15, 0.2) is 48.5 Å². The van der Waals surface area contributed by atoms with Crippen LogP contribution in [0.2, 0.25) is 0 Å². The molecular weight excluding hydrogens is 357 g/mol. The number of anilines is 2. The zero-order chi connectivity index (χ0) is 19.9. The number of nitrogens with zero attached hydrogens (tertiary/aromatic N) is 2. The minimum Gasteiger partial charge on any atom is -0.372 e. The van der Waals surface area contributed by atoms with Crippen LogP contribution in [0.4, 0.5) is 15.8 Å². The second kappa shape index (κ2) is 9.35. The lowest BCUT2D eigenvalue weighted by Crippen LogP contribution is -2.31. The van der Waals surface area contributed by atoms with Gasteiger partial charge in [0.05, 0.1) is 0 Å². The molecule has 1 heterocycles. The number of benzene rings is 2. The molecule has 0 saturated carbocycles. The quantitative estimate of drug-likeness (QED) is 0.791. The summed E-state index contributed by atoms with van der Waals surface area (Å²) >= 11 is 0. The molecule has 148 valence electrons. The SMILES string of the molecule is CC(=O)N(CCC(=O)Nc1ccc(N2CCCC2)cc1)Cc1ccccc1F. The largest absolute Gasteiger partial charge is 0.372 e. The maximum atomic E-state index is 13.8. The van der Waals surface area contributed by atoms with Crippen molar-refractivity contribution in [3.8, 4) is 0 Å². The minimum atomic E-state index is -0.351. The molecule has 0 bridgehead atoms. The summed E-state index contributed by atoms with van der Waals surface area (Å²) < 4.78 is 13.8. The molecule has 5 nitrogen and oxygen atoms in total. The summed E-state index contributed by atoms with van der Waals surface area (Å²) in [6.07, 6.45) is 2.60. The number of amides is 2. The molecule has 1 aliphatic rings. The maximum Gasteiger partial charge on any atom is 0.226 e. The number of carbonyl (C=O) groups excluding carboxylic acids is 2. The summed E-state index contributed by atoms with van der Waals surface area (Å²) in [6.45, 7) is 3.97. The van der Waals surface area contributed by atoms with Crippen molar-refractivity contribution in [3.63, 3.8) is 0 Å². The maximum absolute atomic E-state index is 13.8. The number of hydrogen-bond donors (Lipinski definition) is 1. The monoisotopic (exact) mass is 383 g/mol. The Hall–Kier alpha value is -2.89. The predicted octanol–water partition coefficient (Wildman–Crippen LogP) is 3.80. The molecule has 2 aromatic rings. The van der Waals surface area contributed by atoms with Gasteiger partial charge >= 0.3 is 0 Å². The number of halogens is 1. The number of nitrogens with one attached hydrogen (secondary N) is 1. The highest BCUT2D eigenvalue weighted by Gasteiger charge is 2.15. The van der Waals surface area contributed by atoms with Crippen LogP contribution >= 0.6 is 0 Å².